The molecule has 0 aromatic heterocycles. The zero-order valence-corrected chi connectivity index (χ0v) is 19.0. The molecule has 1 aliphatic rings. The van der Waals surface area contributed by atoms with Gasteiger partial charge in [-0.25, -0.2) is 0 Å². The van der Waals surface area contributed by atoms with Crippen LogP contribution in [0.1, 0.15) is 25.3 Å². The van der Waals surface area contributed by atoms with E-state index in [1.807, 2.05) is 19.1 Å². The molecule has 1 aromatic rings. The van der Waals surface area contributed by atoms with Crippen molar-refractivity contribution in [3.8, 4) is 0 Å². The molecular weight excluding hydrogens is 492 g/mol. The number of hydrogen-bond donors (Lipinski definition) is 3. The number of aryl methyl sites for hydroxylation is 1. The van der Waals surface area contributed by atoms with E-state index in [9.17, 15) is 5.11 Å². The fourth-order valence-corrected chi connectivity index (χ4v) is 4.29. The van der Waals surface area contributed by atoms with E-state index >= 15 is 0 Å². The summed E-state index contributed by atoms with van der Waals surface area (Å²) in [6, 6.07) is 5.61. The second-order valence-electron chi connectivity index (χ2n) is 5.99. The molecule has 25 heavy (non-hydrogen) atoms. The summed E-state index contributed by atoms with van der Waals surface area (Å²) in [6.07, 6.45) is 2.63. The molecule has 0 spiro atoms. The summed E-state index contributed by atoms with van der Waals surface area (Å²) in [6.45, 7) is 4.06. The lowest BCUT2D eigenvalue weighted by molar-refractivity contribution is 0.0778. The van der Waals surface area contributed by atoms with Crippen LogP contribution in [0.5, 0.6) is 0 Å². The monoisotopic (exact) mass is 517 g/mol. The maximum absolute atomic E-state index is 10.4. The number of hydrogen-bond acceptors (Lipinski definition) is 3. The molecule has 0 radical (unpaired) electrons. The quantitative estimate of drug-likeness (QED) is 0.222. The van der Waals surface area contributed by atoms with E-state index in [0.29, 0.717) is 16.6 Å². The molecule has 142 valence electrons. The molecule has 1 aliphatic heterocycles. The lowest BCUT2D eigenvalue weighted by atomic mass is 10.1. The average molecular weight is 518 g/mol. The third kappa shape index (κ3) is 8.12. The largest absolute Gasteiger partial charge is 0.387 e. The van der Waals surface area contributed by atoms with Crippen LogP contribution in [0.4, 0.5) is 0 Å². The minimum absolute atomic E-state index is 0. The fraction of sp³-hybridized carbons (Fsp3) is 0.588. The van der Waals surface area contributed by atoms with Crippen molar-refractivity contribution in [2.24, 2.45) is 4.99 Å². The number of halogens is 3. The molecule has 1 aromatic carbocycles. The number of benzene rings is 1. The molecule has 1 unspecified atom stereocenters. The van der Waals surface area contributed by atoms with E-state index in [1.165, 1.54) is 0 Å². The Morgan fingerprint density at radius 1 is 1.36 bits per heavy atom. The van der Waals surface area contributed by atoms with Crippen molar-refractivity contribution in [2.45, 2.75) is 31.8 Å². The van der Waals surface area contributed by atoms with Gasteiger partial charge in [-0.3, -0.25) is 4.99 Å². The van der Waals surface area contributed by atoms with Crippen molar-refractivity contribution in [1.29, 1.82) is 0 Å². The molecule has 1 saturated heterocycles. The van der Waals surface area contributed by atoms with Gasteiger partial charge in [-0.05, 0) is 49.6 Å². The number of aliphatic imine (C=N–C) groups is 1. The van der Waals surface area contributed by atoms with Crippen LogP contribution in [-0.4, -0.2) is 47.8 Å². The summed E-state index contributed by atoms with van der Waals surface area (Å²) in [4.78, 5) is 4.53. The van der Waals surface area contributed by atoms with Gasteiger partial charge in [-0.2, -0.15) is 11.8 Å². The van der Waals surface area contributed by atoms with Crippen LogP contribution in [0.15, 0.2) is 23.2 Å². The third-order valence-electron chi connectivity index (χ3n) is 3.89. The lowest BCUT2D eigenvalue weighted by Crippen LogP contribution is -2.40. The number of nitrogens with one attached hydrogen (secondary N) is 2. The Hall–Kier alpha value is 0.110. The molecular formula is C17H26Cl2IN3OS. The van der Waals surface area contributed by atoms with Crippen molar-refractivity contribution >= 4 is 64.9 Å². The second kappa shape index (κ2) is 11.7. The summed E-state index contributed by atoms with van der Waals surface area (Å²) in [5.74, 6) is 2.54. The minimum atomic E-state index is -0.649. The van der Waals surface area contributed by atoms with Gasteiger partial charge in [0.1, 0.15) is 0 Å². The first-order valence-electron chi connectivity index (χ1n) is 8.29. The van der Waals surface area contributed by atoms with Gasteiger partial charge in [0.25, 0.3) is 0 Å². The molecule has 1 fully saturated rings. The number of guanidine groups is 1. The predicted molar refractivity (Wildman–Crippen MR) is 121 cm³/mol. The zero-order valence-electron chi connectivity index (χ0n) is 14.4. The molecule has 1 atom stereocenters. The SMILES string of the molecule is CCNC(=NCC1(O)CCSC1)NCCCc1ccc(Cl)cc1Cl.I. The van der Waals surface area contributed by atoms with E-state index < -0.39 is 5.60 Å². The maximum atomic E-state index is 10.4. The highest BCUT2D eigenvalue weighted by atomic mass is 127. The van der Waals surface area contributed by atoms with Crippen molar-refractivity contribution in [1.82, 2.24) is 10.6 Å². The lowest BCUT2D eigenvalue weighted by Gasteiger charge is -2.19. The van der Waals surface area contributed by atoms with Gasteiger partial charge in [0.15, 0.2) is 5.96 Å². The van der Waals surface area contributed by atoms with Gasteiger partial charge in [-0.15, -0.1) is 24.0 Å². The first-order valence-corrected chi connectivity index (χ1v) is 10.2. The topological polar surface area (TPSA) is 56.7 Å². The van der Waals surface area contributed by atoms with Gasteiger partial charge < -0.3 is 15.7 Å². The zero-order chi connectivity index (χ0) is 17.4. The number of rotatable bonds is 7. The third-order valence-corrected chi connectivity index (χ3v) is 5.71. The Morgan fingerprint density at radius 2 is 2.16 bits per heavy atom. The highest BCUT2D eigenvalue weighted by Gasteiger charge is 2.31. The van der Waals surface area contributed by atoms with Crippen molar-refractivity contribution in [3.05, 3.63) is 33.8 Å². The van der Waals surface area contributed by atoms with Gasteiger partial charge in [0.2, 0.25) is 0 Å². The normalized spacial score (nSPS) is 20.2. The number of thioether (sulfide) groups is 1. The summed E-state index contributed by atoms with van der Waals surface area (Å²) in [5, 5.41) is 18.3. The minimum Gasteiger partial charge on any atom is -0.387 e. The summed E-state index contributed by atoms with van der Waals surface area (Å²) < 4.78 is 0. The van der Waals surface area contributed by atoms with Gasteiger partial charge >= 0.3 is 0 Å². The van der Waals surface area contributed by atoms with E-state index in [1.54, 1.807) is 17.8 Å². The van der Waals surface area contributed by atoms with Crippen LogP contribution in [0.25, 0.3) is 0 Å². The Labute approximate surface area is 181 Å². The number of nitrogens with zero attached hydrogens (tertiary/aromatic N) is 1. The van der Waals surface area contributed by atoms with E-state index in [-0.39, 0.29) is 24.0 Å². The standard InChI is InChI=1S/C17H25Cl2N3OS.HI/c1-2-20-16(22-11-17(23)7-9-24-12-17)21-8-3-4-13-5-6-14(18)10-15(13)19;/h5-6,10,23H,2-4,7-9,11-12H2,1H3,(H2,20,21,22);1H. The van der Waals surface area contributed by atoms with Gasteiger partial charge in [-0.1, -0.05) is 29.3 Å². The Morgan fingerprint density at radius 3 is 2.80 bits per heavy atom. The van der Waals surface area contributed by atoms with Crippen LogP contribution in [0.2, 0.25) is 10.0 Å². The van der Waals surface area contributed by atoms with E-state index in [2.05, 4.69) is 15.6 Å². The first kappa shape index (κ1) is 23.1. The van der Waals surface area contributed by atoms with Crippen LogP contribution < -0.4 is 10.6 Å². The van der Waals surface area contributed by atoms with Crippen molar-refractivity contribution < 1.29 is 5.11 Å². The Kier molecular flexibility index (Phi) is 10.9. The highest BCUT2D eigenvalue weighted by Crippen LogP contribution is 2.27. The maximum Gasteiger partial charge on any atom is 0.191 e. The molecule has 0 aliphatic carbocycles. The number of aliphatic hydroxyl groups is 1. The van der Waals surface area contributed by atoms with Crippen LogP contribution in [0.3, 0.4) is 0 Å². The predicted octanol–water partition coefficient (Wildman–Crippen LogP) is 3.97. The van der Waals surface area contributed by atoms with Gasteiger partial charge in [0, 0.05) is 28.9 Å². The van der Waals surface area contributed by atoms with Crippen molar-refractivity contribution in [3.63, 3.8) is 0 Å². The van der Waals surface area contributed by atoms with Crippen LogP contribution in [-0.2, 0) is 6.42 Å². The summed E-state index contributed by atoms with van der Waals surface area (Å²) in [5.41, 5.74) is 0.450. The smallest absolute Gasteiger partial charge is 0.191 e. The average Bonchev–Trinajstić information content (AvgIpc) is 2.98. The Bertz CT molecular complexity index is 569. The van der Waals surface area contributed by atoms with E-state index in [4.69, 9.17) is 23.2 Å². The van der Waals surface area contributed by atoms with Crippen LogP contribution >= 0.6 is 58.9 Å². The van der Waals surface area contributed by atoms with Crippen LogP contribution in [0, 0.1) is 0 Å². The first-order chi connectivity index (χ1) is 11.5. The van der Waals surface area contributed by atoms with Gasteiger partial charge in [0.05, 0.1) is 12.1 Å². The molecule has 0 saturated carbocycles. The molecule has 1 heterocycles. The molecule has 8 heteroatoms. The molecule has 3 N–H and O–H groups in total. The Balaban J connectivity index is 0.00000312. The second-order valence-corrected chi connectivity index (χ2v) is 7.94. The molecule has 0 bridgehead atoms. The molecule has 2 rings (SSSR count). The highest BCUT2D eigenvalue weighted by molar-refractivity contribution is 14.0. The molecule has 4 nitrogen and oxygen atoms in total. The fourth-order valence-electron chi connectivity index (χ4n) is 2.50. The summed E-state index contributed by atoms with van der Waals surface area (Å²) in [7, 11) is 0. The van der Waals surface area contributed by atoms with Crippen molar-refractivity contribution in [2.75, 3.05) is 31.1 Å². The summed E-state index contributed by atoms with van der Waals surface area (Å²) >= 11 is 13.9. The van der Waals surface area contributed by atoms with E-state index in [0.717, 1.165) is 55.4 Å². The molecule has 0 amide bonds.